The molecule has 0 bridgehead atoms. The largest absolute Gasteiger partial charge is 0.497 e. The van der Waals surface area contributed by atoms with E-state index in [1.165, 1.54) is 31.4 Å². The molecule has 0 aliphatic carbocycles. The maximum atomic E-state index is 13.5. The van der Waals surface area contributed by atoms with E-state index in [0.717, 1.165) is 4.41 Å². The molecule has 0 N–H and O–H groups in total. The maximum Gasteiger partial charge on any atom is 0.279 e. The van der Waals surface area contributed by atoms with Crippen LogP contribution in [0, 0.1) is 5.82 Å². The first-order chi connectivity index (χ1) is 14.9. The first-order valence-corrected chi connectivity index (χ1v) is 11.0. The van der Waals surface area contributed by atoms with Gasteiger partial charge in [0.15, 0.2) is 0 Å². The summed E-state index contributed by atoms with van der Waals surface area (Å²) in [4.78, 5) is 0.133. The number of hydrazone groups is 1. The molecular formula is C23H21FN2O4S. The summed E-state index contributed by atoms with van der Waals surface area (Å²) in [5.74, 6) is 0.745. The minimum Gasteiger partial charge on any atom is -0.497 e. The topological polar surface area (TPSA) is 68.2 Å². The molecule has 1 aliphatic heterocycles. The number of hydrogen-bond donors (Lipinski definition) is 0. The zero-order valence-corrected chi connectivity index (χ0v) is 17.8. The Kier molecular flexibility index (Phi) is 5.65. The van der Waals surface area contributed by atoms with Crippen LogP contribution in [0.4, 0.5) is 4.39 Å². The highest BCUT2D eigenvalue weighted by molar-refractivity contribution is 7.89. The molecule has 3 aromatic rings. The molecule has 160 valence electrons. The van der Waals surface area contributed by atoms with Crippen molar-refractivity contribution in [2.45, 2.75) is 17.4 Å². The lowest BCUT2D eigenvalue weighted by atomic mass is 9.98. The van der Waals surface area contributed by atoms with E-state index in [1.807, 2.05) is 0 Å². The number of sulfonamides is 1. The van der Waals surface area contributed by atoms with Crippen molar-refractivity contribution in [3.63, 3.8) is 0 Å². The van der Waals surface area contributed by atoms with Gasteiger partial charge in [-0.2, -0.15) is 17.9 Å². The van der Waals surface area contributed by atoms with Gasteiger partial charge < -0.3 is 9.47 Å². The molecule has 0 saturated heterocycles. The van der Waals surface area contributed by atoms with Crippen molar-refractivity contribution in [1.82, 2.24) is 4.41 Å². The van der Waals surface area contributed by atoms with Crippen molar-refractivity contribution in [1.29, 1.82) is 0 Å². The van der Waals surface area contributed by atoms with E-state index in [4.69, 9.17) is 9.47 Å². The predicted octanol–water partition coefficient (Wildman–Crippen LogP) is 4.38. The van der Waals surface area contributed by atoms with Gasteiger partial charge in [-0.1, -0.05) is 30.3 Å². The van der Waals surface area contributed by atoms with Crippen molar-refractivity contribution in [3.8, 4) is 11.5 Å². The number of benzene rings is 3. The Bertz CT molecular complexity index is 1210. The van der Waals surface area contributed by atoms with Gasteiger partial charge >= 0.3 is 0 Å². The number of rotatable bonds is 6. The summed E-state index contributed by atoms with van der Waals surface area (Å²) in [6.45, 7) is 0. The highest BCUT2D eigenvalue weighted by Gasteiger charge is 2.38. The Balaban J connectivity index is 1.82. The summed E-state index contributed by atoms with van der Waals surface area (Å²) >= 11 is 0. The van der Waals surface area contributed by atoms with E-state index in [0.29, 0.717) is 34.8 Å². The van der Waals surface area contributed by atoms with Gasteiger partial charge in [0.05, 0.1) is 30.9 Å². The summed E-state index contributed by atoms with van der Waals surface area (Å²) in [5.41, 5.74) is 1.86. The lowest BCUT2D eigenvalue weighted by Crippen LogP contribution is -2.27. The molecule has 8 heteroatoms. The van der Waals surface area contributed by atoms with E-state index in [9.17, 15) is 12.8 Å². The zero-order valence-electron chi connectivity index (χ0n) is 17.0. The molecule has 0 saturated carbocycles. The van der Waals surface area contributed by atoms with Crippen LogP contribution in [0.15, 0.2) is 82.8 Å². The number of halogens is 1. The molecular weight excluding hydrogens is 419 g/mol. The average molecular weight is 440 g/mol. The Hall–Kier alpha value is -3.39. The van der Waals surface area contributed by atoms with Crippen LogP contribution in [-0.4, -0.2) is 32.8 Å². The predicted molar refractivity (Wildman–Crippen MR) is 115 cm³/mol. The number of methoxy groups -OCH3 is 2. The van der Waals surface area contributed by atoms with Crippen LogP contribution >= 0.6 is 0 Å². The first-order valence-electron chi connectivity index (χ1n) is 9.59. The van der Waals surface area contributed by atoms with Crippen molar-refractivity contribution in [3.05, 3.63) is 89.7 Å². The molecule has 3 aromatic carbocycles. The van der Waals surface area contributed by atoms with Crippen LogP contribution in [0.5, 0.6) is 11.5 Å². The molecule has 6 nitrogen and oxygen atoms in total. The lowest BCUT2D eigenvalue weighted by Gasteiger charge is -2.23. The average Bonchev–Trinajstić information content (AvgIpc) is 3.26. The van der Waals surface area contributed by atoms with Gasteiger partial charge in [0, 0.05) is 18.1 Å². The van der Waals surface area contributed by atoms with Gasteiger partial charge in [0.2, 0.25) is 0 Å². The quantitative estimate of drug-likeness (QED) is 0.570. The van der Waals surface area contributed by atoms with Gasteiger partial charge in [-0.25, -0.2) is 4.39 Å². The molecule has 1 heterocycles. The summed E-state index contributed by atoms with van der Waals surface area (Å²) in [7, 11) is -0.846. The Morgan fingerprint density at radius 1 is 0.968 bits per heavy atom. The second kappa shape index (κ2) is 8.39. The fourth-order valence-electron chi connectivity index (χ4n) is 3.54. The molecule has 0 amide bonds. The SMILES string of the molecule is COc1ccc(C2=NN(S(=O)(=O)c3ccccc3)[C@@H](c3ccc(F)cc3)C2)c(OC)c1. The van der Waals surface area contributed by atoms with Gasteiger partial charge in [-0.05, 0) is 42.0 Å². The fourth-order valence-corrected chi connectivity index (χ4v) is 5.00. The zero-order chi connectivity index (χ0) is 22.0. The molecule has 0 spiro atoms. The minimum atomic E-state index is -3.93. The maximum absolute atomic E-state index is 13.5. The molecule has 31 heavy (non-hydrogen) atoms. The van der Waals surface area contributed by atoms with E-state index < -0.39 is 21.9 Å². The van der Waals surface area contributed by atoms with Crippen molar-refractivity contribution >= 4 is 15.7 Å². The highest BCUT2D eigenvalue weighted by Crippen LogP contribution is 2.39. The summed E-state index contributed by atoms with van der Waals surface area (Å²) < 4.78 is 52.2. The Morgan fingerprint density at radius 3 is 2.32 bits per heavy atom. The van der Waals surface area contributed by atoms with Crippen LogP contribution < -0.4 is 9.47 Å². The minimum absolute atomic E-state index is 0.133. The Labute approximate surface area is 180 Å². The van der Waals surface area contributed by atoms with Gasteiger partial charge in [-0.15, -0.1) is 0 Å². The van der Waals surface area contributed by atoms with E-state index in [-0.39, 0.29) is 4.90 Å². The molecule has 0 unspecified atom stereocenters. The smallest absolute Gasteiger partial charge is 0.279 e. The second-order valence-corrected chi connectivity index (χ2v) is 8.77. The fraction of sp³-hybridized carbons (Fsp3) is 0.174. The van der Waals surface area contributed by atoms with E-state index >= 15 is 0 Å². The van der Waals surface area contributed by atoms with Gasteiger partial charge in [-0.3, -0.25) is 0 Å². The van der Waals surface area contributed by atoms with Crippen LogP contribution in [0.2, 0.25) is 0 Å². The summed E-state index contributed by atoms with van der Waals surface area (Å²) in [5, 5.41) is 4.50. The molecule has 1 aliphatic rings. The summed E-state index contributed by atoms with van der Waals surface area (Å²) in [6.07, 6.45) is 0.306. The highest BCUT2D eigenvalue weighted by atomic mass is 32.2. The first kappa shape index (κ1) is 20.9. The standard InChI is InChI=1S/C23H21FN2O4S/c1-29-18-12-13-20(23(14-18)30-2)21-15-22(16-8-10-17(24)11-9-16)26(25-21)31(27,28)19-6-4-3-5-7-19/h3-14,22H,15H2,1-2H3/t22-/m1/s1. The van der Waals surface area contributed by atoms with Gasteiger partial charge in [0.25, 0.3) is 10.0 Å². The second-order valence-electron chi connectivity index (χ2n) is 6.98. The number of nitrogens with zero attached hydrogens (tertiary/aromatic N) is 2. The van der Waals surface area contributed by atoms with Crippen LogP contribution in [0.25, 0.3) is 0 Å². The van der Waals surface area contributed by atoms with Crippen LogP contribution in [0.3, 0.4) is 0 Å². The number of ether oxygens (including phenoxy) is 2. The van der Waals surface area contributed by atoms with Crippen molar-refractivity contribution < 1.29 is 22.3 Å². The normalized spacial score (nSPS) is 16.2. The lowest BCUT2D eigenvalue weighted by molar-refractivity contribution is 0.371. The van der Waals surface area contributed by atoms with Crippen LogP contribution in [0.1, 0.15) is 23.6 Å². The van der Waals surface area contributed by atoms with E-state index in [1.54, 1.807) is 55.6 Å². The molecule has 0 aromatic heterocycles. The summed E-state index contributed by atoms with van der Waals surface area (Å²) in [6, 6.07) is 18.6. The van der Waals surface area contributed by atoms with E-state index in [2.05, 4.69) is 5.10 Å². The molecule has 0 fully saturated rings. The van der Waals surface area contributed by atoms with Crippen LogP contribution in [-0.2, 0) is 10.0 Å². The molecule has 4 rings (SSSR count). The van der Waals surface area contributed by atoms with Gasteiger partial charge in [0.1, 0.15) is 17.3 Å². The number of hydrogen-bond acceptors (Lipinski definition) is 5. The third-order valence-electron chi connectivity index (χ3n) is 5.13. The van der Waals surface area contributed by atoms with Crippen molar-refractivity contribution in [2.75, 3.05) is 14.2 Å². The van der Waals surface area contributed by atoms with Crippen molar-refractivity contribution in [2.24, 2.45) is 5.10 Å². The monoisotopic (exact) mass is 440 g/mol. The third-order valence-corrected chi connectivity index (χ3v) is 6.83. The third kappa shape index (κ3) is 3.98. The molecule has 1 atom stereocenters. The molecule has 0 radical (unpaired) electrons. The Morgan fingerprint density at radius 2 is 1.68 bits per heavy atom.